The molecule has 47 heavy (non-hydrogen) atoms. The van der Waals surface area contributed by atoms with E-state index >= 15 is 0 Å². The van der Waals surface area contributed by atoms with Gasteiger partial charge in [0.05, 0.1) is 0 Å². The van der Waals surface area contributed by atoms with Gasteiger partial charge in [0.15, 0.2) is 0 Å². The fraction of sp³-hybridized carbons (Fsp3) is 0.0435. The summed E-state index contributed by atoms with van der Waals surface area (Å²) in [6.07, 6.45) is 0. The molecule has 9 rings (SSSR count). The van der Waals surface area contributed by atoms with Gasteiger partial charge in [0.25, 0.3) is 0 Å². The predicted octanol–water partition coefficient (Wildman–Crippen LogP) is 13.6. The van der Waals surface area contributed by atoms with Gasteiger partial charge in [-0.15, -0.1) is 11.3 Å². The standard InChI is InChI=1S/C46H32S/c1-29-20-23-43-40(24-29)42-26-30(2)25-39(46(42)47-43)35-17-11-16-33(27-35)34-21-22-38-41(28-34)45(32-14-7-4-8-15-32)37-19-10-9-18-36(37)44(38)31-12-5-3-6-13-31/h3-28H,1-2H3. The average molecular weight is 617 g/mol. The molecule has 9 aromatic rings. The molecule has 1 aromatic heterocycles. The van der Waals surface area contributed by atoms with E-state index in [9.17, 15) is 0 Å². The first kappa shape index (κ1) is 27.8. The largest absolute Gasteiger partial charge is 0.135 e. The molecule has 0 saturated carbocycles. The molecule has 0 aliphatic rings. The number of hydrogen-bond acceptors (Lipinski definition) is 1. The summed E-state index contributed by atoms with van der Waals surface area (Å²) < 4.78 is 2.70. The molecule has 0 bridgehead atoms. The van der Waals surface area contributed by atoms with Gasteiger partial charge in [-0.1, -0.05) is 127 Å². The van der Waals surface area contributed by atoms with Crippen molar-refractivity contribution in [3.05, 3.63) is 169 Å². The molecule has 0 spiro atoms. The van der Waals surface area contributed by atoms with Crippen LogP contribution in [-0.4, -0.2) is 0 Å². The van der Waals surface area contributed by atoms with E-state index < -0.39 is 0 Å². The number of hydrogen-bond donors (Lipinski definition) is 0. The summed E-state index contributed by atoms with van der Waals surface area (Å²) in [6, 6.07) is 58.4. The summed E-state index contributed by atoms with van der Waals surface area (Å²) in [5, 5.41) is 7.81. The molecule has 0 amide bonds. The predicted molar refractivity (Wildman–Crippen MR) is 206 cm³/mol. The lowest BCUT2D eigenvalue weighted by molar-refractivity contribution is 1.50. The van der Waals surface area contributed by atoms with Crippen molar-refractivity contribution in [3.63, 3.8) is 0 Å². The van der Waals surface area contributed by atoms with E-state index in [1.54, 1.807) is 0 Å². The molecule has 0 N–H and O–H groups in total. The summed E-state index contributed by atoms with van der Waals surface area (Å²) in [5.74, 6) is 0. The highest BCUT2D eigenvalue weighted by Gasteiger charge is 2.18. The number of benzene rings is 8. The van der Waals surface area contributed by atoms with Crippen LogP contribution in [0.5, 0.6) is 0 Å². The molecule has 0 radical (unpaired) electrons. The van der Waals surface area contributed by atoms with Crippen LogP contribution < -0.4 is 0 Å². The lowest BCUT2D eigenvalue weighted by Crippen LogP contribution is -1.91. The zero-order valence-electron chi connectivity index (χ0n) is 26.4. The fourth-order valence-electron chi connectivity index (χ4n) is 7.41. The second-order valence-electron chi connectivity index (χ2n) is 12.7. The highest BCUT2D eigenvalue weighted by molar-refractivity contribution is 7.26. The van der Waals surface area contributed by atoms with Crippen molar-refractivity contribution in [1.82, 2.24) is 0 Å². The van der Waals surface area contributed by atoms with Gasteiger partial charge in [-0.2, -0.15) is 0 Å². The maximum absolute atomic E-state index is 2.42. The molecular formula is C46H32S. The topological polar surface area (TPSA) is 0 Å². The number of rotatable bonds is 4. The summed E-state index contributed by atoms with van der Waals surface area (Å²) in [6.45, 7) is 4.40. The maximum atomic E-state index is 2.42. The van der Waals surface area contributed by atoms with Crippen molar-refractivity contribution in [3.8, 4) is 44.5 Å². The summed E-state index contributed by atoms with van der Waals surface area (Å²) in [4.78, 5) is 0. The molecule has 0 aliphatic carbocycles. The van der Waals surface area contributed by atoms with Crippen molar-refractivity contribution in [1.29, 1.82) is 0 Å². The van der Waals surface area contributed by atoms with Gasteiger partial charge < -0.3 is 0 Å². The Labute approximate surface area is 279 Å². The van der Waals surface area contributed by atoms with Gasteiger partial charge in [0.1, 0.15) is 0 Å². The molecule has 0 fully saturated rings. The van der Waals surface area contributed by atoms with Crippen molar-refractivity contribution >= 4 is 53.1 Å². The van der Waals surface area contributed by atoms with Crippen LogP contribution in [0.15, 0.2) is 158 Å². The molecule has 0 nitrogen and oxygen atoms in total. The summed E-state index contributed by atoms with van der Waals surface area (Å²) in [7, 11) is 0. The average Bonchev–Trinajstić information content (AvgIpc) is 3.48. The van der Waals surface area contributed by atoms with Crippen LogP contribution in [0.25, 0.3) is 86.2 Å². The van der Waals surface area contributed by atoms with Crippen LogP contribution >= 0.6 is 11.3 Å². The van der Waals surface area contributed by atoms with Crippen molar-refractivity contribution in [2.75, 3.05) is 0 Å². The molecule has 0 atom stereocenters. The molecule has 222 valence electrons. The summed E-state index contributed by atoms with van der Waals surface area (Å²) in [5.41, 5.74) is 12.7. The SMILES string of the molecule is Cc1ccc2sc3c(-c4cccc(-c5ccc6c(-c7ccccc7)c7ccccc7c(-c7ccccc7)c6c5)c4)cc(C)cc3c2c1. The van der Waals surface area contributed by atoms with Crippen LogP contribution in [0.4, 0.5) is 0 Å². The second-order valence-corrected chi connectivity index (χ2v) is 13.7. The van der Waals surface area contributed by atoms with Crippen LogP contribution in [0.1, 0.15) is 11.1 Å². The molecule has 1 heteroatoms. The van der Waals surface area contributed by atoms with Crippen molar-refractivity contribution in [2.45, 2.75) is 13.8 Å². The highest BCUT2D eigenvalue weighted by Crippen LogP contribution is 2.46. The Hall–Kier alpha value is -5.50. The van der Waals surface area contributed by atoms with Crippen molar-refractivity contribution < 1.29 is 0 Å². The molecule has 0 unspecified atom stereocenters. The highest BCUT2D eigenvalue weighted by atomic mass is 32.1. The zero-order valence-corrected chi connectivity index (χ0v) is 27.2. The second kappa shape index (κ2) is 11.1. The first-order chi connectivity index (χ1) is 23.1. The van der Waals surface area contributed by atoms with Gasteiger partial charge in [-0.05, 0) is 122 Å². The van der Waals surface area contributed by atoms with Crippen LogP contribution in [-0.2, 0) is 0 Å². The quantitative estimate of drug-likeness (QED) is 0.173. The first-order valence-corrected chi connectivity index (χ1v) is 17.1. The number of aryl methyl sites for hydroxylation is 2. The third kappa shape index (κ3) is 4.66. The Morgan fingerprint density at radius 3 is 1.64 bits per heavy atom. The first-order valence-electron chi connectivity index (χ1n) is 16.3. The van der Waals surface area contributed by atoms with Crippen molar-refractivity contribution in [2.24, 2.45) is 0 Å². The minimum Gasteiger partial charge on any atom is -0.135 e. The van der Waals surface area contributed by atoms with E-state index in [2.05, 4.69) is 172 Å². The Morgan fingerprint density at radius 2 is 0.915 bits per heavy atom. The number of fused-ring (bicyclic) bond motifs is 5. The lowest BCUT2D eigenvalue weighted by Gasteiger charge is -2.19. The van der Waals surface area contributed by atoms with E-state index in [-0.39, 0.29) is 0 Å². The minimum absolute atomic E-state index is 1.22. The van der Waals surface area contributed by atoms with E-state index in [0.717, 1.165) is 0 Å². The third-order valence-corrected chi connectivity index (χ3v) is 10.7. The molecule has 0 aliphatic heterocycles. The molecule has 0 saturated heterocycles. The zero-order chi connectivity index (χ0) is 31.5. The van der Waals surface area contributed by atoms with E-state index in [4.69, 9.17) is 0 Å². The monoisotopic (exact) mass is 616 g/mol. The third-order valence-electron chi connectivity index (χ3n) is 9.53. The molecule has 1 heterocycles. The summed E-state index contributed by atoms with van der Waals surface area (Å²) >= 11 is 1.90. The van der Waals surface area contributed by atoms with E-state index in [1.807, 2.05) is 11.3 Å². The minimum atomic E-state index is 1.22. The molecular weight excluding hydrogens is 585 g/mol. The van der Waals surface area contributed by atoms with E-state index in [1.165, 1.54) is 97.4 Å². The number of thiophene rings is 1. The smallest absolute Gasteiger partial charge is 0.0434 e. The molecule has 8 aromatic carbocycles. The van der Waals surface area contributed by atoms with E-state index in [0.29, 0.717) is 0 Å². The maximum Gasteiger partial charge on any atom is 0.0434 e. The Balaban J connectivity index is 1.29. The van der Waals surface area contributed by atoms with Gasteiger partial charge in [-0.3, -0.25) is 0 Å². The Kier molecular flexibility index (Phi) is 6.55. The van der Waals surface area contributed by atoms with Gasteiger partial charge in [-0.25, -0.2) is 0 Å². The normalized spacial score (nSPS) is 11.6. The van der Waals surface area contributed by atoms with Crippen LogP contribution in [0.2, 0.25) is 0 Å². The van der Waals surface area contributed by atoms with Crippen LogP contribution in [0, 0.1) is 13.8 Å². The van der Waals surface area contributed by atoms with Crippen LogP contribution in [0.3, 0.4) is 0 Å². The Morgan fingerprint density at radius 1 is 0.340 bits per heavy atom. The van der Waals surface area contributed by atoms with Gasteiger partial charge in [0.2, 0.25) is 0 Å². The fourth-order valence-corrected chi connectivity index (χ4v) is 8.61. The Bertz CT molecular complexity index is 2620. The van der Waals surface area contributed by atoms with Gasteiger partial charge in [0, 0.05) is 20.2 Å². The van der Waals surface area contributed by atoms with Gasteiger partial charge >= 0.3 is 0 Å². The lowest BCUT2D eigenvalue weighted by atomic mass is 9.85.